The number of carbonyl (C=O) groups excluding carboxylic acids is 1. The maximum Gasteiger partial charge on any atom is 0.244 e. The van der Waals surface area contributed by atoms with Crippen LogP contribution in [0.15, 0.2) is 42.7 Å². The van der Waals surface area contributed by atoms with Gasteiger partial charge in [0.1, 0.15) is 5.69 Å². The highest BCUT2D eigenvalue weighted by Crippen LogP contribution is 2.30. The van der Waals surface area contributed by atoms with Gasteiger partial charge in [-0.3, -0.25) is 9.20 Å². The second-order valence-electron chi connectivity index (χ2n) is 4.52. The normalized spacial score (nSPS) is 10.7. The van der Waals surface area contributed by atoms with Crippen LogP contribution in [0.2, 0.25) is 0 Å². The number of benzene rings is 1. The third-order valence-electron chi connectivity index (χ3n) is 3.04. The Bertz CT molecular complexity index is 791. The zero-order chi connectivity index (χ0) is 14.1. The Morgan fingerprint density at radius 2 is 2.05 bits per heavy atom. The maximum absolute atomic E-state index is 11.4. The van der Waals surface area contributed by atoms with E-state index in [1.54, 1.807) is 22.9 Å². The third kappa shape index (κ3) is 2.03. The van der Waals surface area contributed by atoms with E-state index in [2.05, 4.69) is 15.3 Å². The molecule has 1 radical (unpaired) electrons. The van der Waals surface area contributed by atoms with Crippen molar-refractivity contribution in [1.29, 1.82) is 0 Å². The Balaban J connectivity index is 2.29. The molecule has 20 heavy (non-hydrogen) atoms. The molecule has 99 valence electrons. The first-order valence-corrected chi connectivity index (χ1v) is 6.28. The Morgan fingerprint density at radius 3 is 2.80 bits per heavy atom. The van der Waals surface area contributed by atoms with Crippen molar-refractivity contribution in [1.82, 2.24) is 19.7 Å². The van der Waals surface area contributed by atoms with Crippen molar-refractivity contribution in [2.24, 2.45) is 0 Å². The first-order chi connectivity index (χ1) is 9.66. The number of nitrogens with zero attached hydrogens (tertiary/aromatic N) is 4. The van der Waals surface area contributed by atoms with Crippen LogP contribution in [0.3, 0.4) is 0 Å². The molecule has 0 N–H and O–H groups in total. The van der Waals surface area contributed by atoms with E-state index in [0.29, 0.717) is 17.3 Å². The number of amides is 1. The van der Waals surface area contributed by atoms with Crippen molar-refractivity contribution in [2.75, 3.05) is 0 Å². The van der Waals surface area contributed by atoms with Gasteiger partial charge in [0, 0.05) is 24.9 Å². The van der Waals surface area contributed by atoms with Gasteiger partial charge in [0.15, 0.2) is 5.82 Å². The number of aromatic nitrogens is 3. The van der Waals surface area contributed by atoms with E-state index in [4.69, 9.17) is 0 Å². The molecule has 0 unspecified atom stereocenters. The highest BCUT2D eigenvalue weighted by atomic mass is 16.1. The van der Waals surface area contributed by atoms with E-state index in [1.165, 1.54) is 6.92 Å². The lowest BCUT2D eigenvalue weighted by atomic mass is 10.1. The van der Waals surface area contributed by atoms with Crippen LogP contribution in [0.5, 0.6) is 0 Å². The Hall–Kier alpha value is -2.69. The average Bonchev–Trinajstić information content (AvgIpc) is 2.78. The number of fused-ring (bicyclic) bond motifs is 1. The van der Waals surface area contributed by atoms with Gasteiger partial charge in [-0.25, -0.2) is 9.97 Å². The van der Waals surface area contributed by atoms with Crippen LogP contribution in [0.1, 0.15) is 12.5 Å². The van der Waals surface area contributed by atoms with Crippen molar-refractivity contribution in [3.05, 3.63) is 48.3 Å². The van der Waals surface area contributed by atoms with Crippen LogP contribution in [-0.4, -0.2) is 20.3 Å². The third-order valence-corrected chi connectivity index (χ3v) is 3.04. The predicted molar refractivity (Wildman–Crippen MR) is 75.6 cm³/mol. The Morgan fingerprint density at radius 1 is 1.25 bits per heavy atom. The average molecular weight is 265 g/mol. The zero-order valence-electron chi connectivity index (χ0n) is 11.2. The van der Waals surface area contributed by atoms with Crippen LogP contribution < -0.4 is 5.32 Å². The number of hydrogen-bond donors (Lipinski definition) is 0. The standard InChI is InChI=1S/C15H13N4O/c1-10-6-3-4-7-12(10)13-14(17-11(2)20)19-9-5-8-16-15(19)18-13/h3-9H,1-2H3. The molecule has 0 bridgehead atoms. The molecular weight excluding hydrogens is 252 g/mol. The van der Waals surface area contributed by atoms with Crippen LogP contribution >= 0.6 is 0 Å². The number of aryl methyl sites for hydroxylation is 1. The monoisotopic (exact) mass is 265 g/mol. The fourth-order valence-electron chi connectivity index (χ4n) is 2.15. The van der Waals surface area contributed by atoms with Crippen molar-refractivity contribution in [2.45, 2.75) is 13.8 Å². The molecule has 0 aliphatic rings. The SMILES string of the molecule is CC(=O)[N]c1c(-c2ccccc2C)nc2ncccn12. The van der Waals surface area contributed by atoms with Crippen molar-refractivity contribution in [3.63, 3.8) is 0 Å². The minimum atomic E-state index is -0.259. The van der Waals surface area contributed by atoms with Gasteiger partial charge in [0.25, 0.3) is 0 Å². The van der Waals surface area contributed by atoms with E-state index < -0.39 is 0 Å². The minimum Gasteiger partial charge on any atom is -0.273 e. The molecular formula is C15H13N4O. The first-order valence-electron chi connectivity index (χ1n) is 6.28. The summed E-state index contributed by atoms with van der Waals surface area (Å²) in [5.41, 5.74) is 2.71. The van der Waals surface area contributed by atoms with E-state index in [0.717, 1.165) is 11.1 Å². The zero-order valence-corrected chi connectivity index (χ0v) is 11.2. The predicted octanol–water partition coefficient (Wildman–Crippen LogP) is 2.49. The van der Waals surface area contributed by atoms with E-state index >= 15 is 0 Å². The van der Waals surface area contributed by atoms with Crippen molar-refractivity contribution in [3.8, 4) is 11.3 Å². The molecule has 0 saturated heterocycles. The summed E-state index contributed by atoms with van der Waals surface area (Å²) in [6.45, 7) is 3.43. The molecule has 1 aromatic carbocycles. The topological polar surface area (TPSA) is 61.4 Å². The highest BCUT2D eigenvalue weighted by molar-refractivity contribution is 5.84. The smallest absolute Gasteiger partial charge is 0.244 e. The molecule has 2 aromatic heterocycles. The van der Waals surface area contributed by atoms with Gasteiger partial charge in [-0.15, -0.1) is 0 Å². The highest BCUT2D eigenvalue weighted by Gasteiger charge is 2.18. The molecule has 1 amide bonds. The van der Waals surface area contributed by atoms with Gasteiger partial charge in [0.05, 0.1) is 0 Å². The summed E-state index contributed by atoms with van der Waals surface area (Å²) in [5, 5.41) is 4.09. The molecule has 0 aliphatic heterocycles. The molecule has 0 aliphatic carbocycles. The molecule has 0 atom stereocenters. The lowest BCUT2D eigenvalue weighted by molar-refractivity contribution is -0.118. The summed E-state index contributed by atoms with van der Waals surface area (Å²) in [6, 6.07) is 9.67. The second-order valence-corrected chi connectivity index (χ2v) is 4.52. The van der Waals surface area contributed by atoms with Gasteiger partial charge in [-0.2, -0.15) is 5.32 Å². The van der Waals surface area contributed by atoms with Gasteiger partial charge in [-0.05, 0) is 18.6 Å². The van der Waals surface area contributed by atoms with Gasteiger partial charge < -0.3 is 0 Å². The quantitative estimate of drug-likeness (QED) is 0.715. The fraction of sp³-hybridized carbons (Fsp3) is 0.133. The molecule has 3 aromatic rings. The number of imidazole rings is 1. The summed E-state index contributed by atoms with van der Waals surface area (Å²) in [7, 11) is 0. The van der Waals surface area contributed by atoms with Crippen molar-refractivity contribution < 1.29 is 4.79 Å². The fourth-order valence-corrected chi connectivity index (χ4v) is 2.15. The summed E-state index contributed by atoms with van der Waals surface area (Å²) in [5.74, 6) is 0.797. The summed E-state index contributed by atoms with van der Waals surface area (Å²) in [6.07, 6.45) is 3.47. The number of rotatable bonds is 2. The number of carbonyl (C=O) groups is 1. The van der Waals surface area contributed by atoms with Gasteiger partial charge >= 0.3 is 0 Å². The summed E-state index contributed by atoms with van der Waals surface area (Å²) >= 11 is 0. The molecule has 5 heteroatoms. The number of hydrogen-bond acceptors (Lipinski definition) is 3. The molecule has 0 fully saturated rings. The van der Waals surface area contributed by atoms with Crippen LogP contribution in [-0.2, 0) is 4.79 Å². The first kappa shape index (κ1) is 12.3. The Kier molecular flexibility index (Phi) is 2.95. The van der Waals surface area contributed by atoms with Crippen molar-refractivity contribution >= 4 is 17.5 Å². The minimum absolute atomic E-state index is 0.259. The molecule has 5 nitrogen and oxygen atoms in total. The van der Waals surface area contributed by atoms with E-state index in [9.17, 15) is 4.79 Å². The van der Waals surface area contributed by atoms with Gasteiger partial charge in [-0.1, -0.05) is 24.3 Å². The lowest BCUT2D eigenvalue weighted by Crippen LogP contribution is -2.08. The summed E-state index contributed by atoms with van der Waals surface area (Å²) in [4.78, 5) is 20.1. The van der Waals surface area contributed by atoms with E-state index in [1.807, 2.05) is 31.2 Å². The van der Waals surface area contributed by atoms with Crippen LogP contribution in [0.25, 0.3) is 17.0 Å². The molecule has 0 saturated carbocycles. The maximum atomic E-state index is 11.4. The second kappa shape index (κ2) is 4.77. The lowest BCUT2D eigenvalue weighted by Gasteiger charge is -2.05. The molecule has 3 rings (SSSR count). The largest absolute Gasteiger partial charge is 0.273 e. The Labute approximate surface area is 116 Å². The van der Waals surface area contributed by atoms with Gasteiger partial charge in [0.2, 0.25) is 11.7 Å². The van der Waals surface area contributed by atoms with E-state index in [-0.39, 0.29) is 5.91 Å². The van der Waals surface area contributed by atoms with Crippen LogP contribution in [0.4, 0.5) is 5.82 Å². The van der Waals surface area contributed by atoms with Crippen LogP contribution in [0, 0.1) is 6.92 Å². The molecule has 0 spiro atoms. The molecule has 2 heterocycles. The summed E-state index contributed by atoms with van der Waals surface area (Å²) < 4.78 is 1.73.